The minimum Gasteiger partial charge on any atom is -0.394 e. The van der Waals surface area contributed by atoms with Gasteiger partial charge in [0.15, 0.2) is 0 Å². The van der Waals surface area contributed by atoms with Gasteiger partial charge in [-0.3, -0.25) is 4.79 Å². The fourth-order valence-corrected chi connectivity index (χ4v) is 2.94. The second-order valence-electron chi connectivity index (χ2n) is 6.40. The molecule has 0 aliphatic rings. The van der Waals surface area contributed by atoms with E-state index in [2.05, 4.69) is 12.2 Å². The van der Waals surface area contributed by atoms with Gasteiger partial charge in [-0.1, -0.05) is 43.7 Å². The van der Waals surface area contributed by atoms with Gasteiger partial charge < -0.3 is 33.8 Å². The third-order valence-corrected chi connectivity index (χ3v) is 4.68. The Morgan fingerprint density at radius 1 is 1.14 bits per heavy atom. The standard InChI is InChI=1S/C20H34NO7P/c1-2-3-10-20(23)21-11-7-12-25-13-14-26-17-19(15-22)28-29(24)27-16-18-8-5-4-6-9-18/h4-6,8-9,19,22,24H,2-3,7,10-17H2,1H3,(H,21,23). The van der Waals surface area contributed by atoms with Crippen LogP contribution in [0.15, 0.2) is 30.3 Å². The summed E-state index contributed by atoms with van der Waals surface area (Å²) in [7, 11) is -2.10. The van der Waals surface area contributed by atoms with E-state index in [-0.39, 0.29) is 25.7 Å². The number of aliphatic hydroxyl groups is 1. The van der Waals surface area contributed by atoms with Crippen molar-refractivity contribution in [2.24, 2.45) is 0 Å². The Bertz CT molecular complexity index is 521. The number of hydrogen-bond acceptors (Lipinski definition) is 7. The maximum atomic E-state index is 11.4. The summed E-state index contributed by atoms with van der Waals surface area (Å²) >= 11 is 0. The molecule has 0 saturated heterocycles. The van der Waals surface area contributed by atoms with Crippen LogP contribution in [0.5, 0.6) is 0 Å². The molecule has 1 amide bonds. The van der Waals surface area contributed by atoms with Gasteiger partial charge in [0, 0.05) is 19.6 Å². The van der Waals surface area contributed by atoms with Crippen LogP contribution in [-0.2, 0) is 29.9 Å². The predicted molar refractivity (Wildman–Crippen MR) is 111 cm³/mol. The molecule has 0 spiro atoms. The first-order valence-corrected chi connectivity index (χ1v) is 11.1. The molecule has 3 N–H and O–H groups in total. The Morgan fingerprint density at radius 3 is 2.62 bits per heavy atom. The summed E-state index contributed by atoms with van der Waals surface area (Å²) in [5.41, 5.74) is 0.923. The quantitative estimate of drug-likeness (QED) is 0.242. The maximum absolute atomic E-state index is 11.4. The number of amides is 1. The van der Waals surface area contributed by atoms with Gasteiger partial charge in [-0.15, -0.1) is 0 Å². The number of carbonyl (C=O) groups is 1. The number of hydrogen-bond donors (Lipinski definition) is 3. The Balaban J connectivity index is 1.98. The molecule has 1 rings (SSSR count). The molecule has 0 aliphatic heterocycles. The lowest BCUT2D eigenvalue weighted by Gasteiger charge is -2.18. The molecular weight excluding hydrogens is 397 g/mol. The van der Waals surface area contributed by atoms with E-state index in [9.17, 15) is 14.8 Å². The van der Waals surface area contributed by atoms with Gasteiger partial charge in [0.25, 0.3) is 0 Å². The lowest BCUT2D eigenvalue weighted by Crippen LogP contribution is -2.25. The second kappa shape index (κ2) is 17.7. The normalized spacial score (nSPS) is 13.2. The smallest absolute Gasteiger partial charge is 0.330 e. The van der Waals surface area contributed by atoms with E-state index in [0.29, 0.717) is 32.8 Å². The molecule has 166 valence electrons. The molecule has 1 aromatic carbocycles. The number of carbonyl (C=O) groups excluding carboxylic acids is 1. The van der Waals surface area contributed by atoms with E-state index < -0.39 is 14.7 Å². The molecule has 29 heavy (non-hydrogen) atoms. The summed E-state index contributed by atoms with van der Waals surface area (Å²) < 4.78 is 21.4. The average Bonchev–Trinajstić information content (AvgIpc) is 2.74. The van der Waals surface area contributed by atoms with Gasteiger partial charge >= 0.3 is 8.60 Å². The zero-order valence-corrected chi connectivity index (χ0v) is 18.0. The molecular formula is C20H34NO7P. The fourth-order valence-electron chi connectivity index (χ4n) is 2.24. The number of ether oxygens (including phenoxy) is 2. The van der Waals surface area contributed by atoms with Crippen LogP contribution in [0.3, 0.4) is 0 Å². The first-order chi connectivity index (χ1) is 14.2. The highest BCUT2D eigenvalue weighted by Gasteiger charge is 2.16. The molecule has 0 aliphatic carbocycles. The van der Waals surface area contributed by atoms with Crippen molar-refractivity contribution in [3.8, 4) is 0 Å². The largest absolute Gasteiger partial charge is 0.394 e. The fraction of sp³-hybridized carbons (Fsp3) is 0.650. The third kappa shape index (κ3) is 14.5. The van der Waals surface area contributed by atoms with Crippen LogP contribution in [0, 0.1) is 0 Å². The average molecular weight is 431 g/mol. The first kappa shape index (κ1) is 25.9. The highest BCUT2D eigenvalue weighted by molar-refractivity contribution is 7.40. The van der Waals surface area contributed by atoms with E-state index >= 15 is 0 Å². The van der Waals surface area contributed by atoms with E-state index in [1.807, 2.05) is 30.3 Å². The molecule has 0 aromatic heterocycles. The highest BCUT2D eigenvalue weighted by Crippen LogP contribution is 2.35. The van der Waals surface area contributed by atoms with Crippen LogP contribution < -0.4 is 5.32 Å². The van der Waals surface area contributed by atoms with Crippen LogP contribution in [0.1, 0.15) is 38.2 Å². The summed E-state index contributed by atoms with van der Waals surface area (Å²) in [6.07, 6.45) is 2.58. The molecule has 1 aromatic rings. The SMILES string of the molecule is CCCCC(=O)NCCCOCCOCC(CO)OP(O)OCc1ccccc1. The number of benzene rings is 1. The second-order valence-corrected chi connectivity index (χ2v) is 7.35. The van der Waals surface area contributed by atoms with Crippen molar-refractivity contribution in [3.05, 3.63) is 35.9 Å². The van der Waals surface area contributed by atoms with E-state index in [1.165, 1.54) is 0 Å². The number of aliphatic hydroxyl groups excluding tert-OH is 1. The van der Waals surface area contributed by atoms with E-state index in [0.717, 1.165) is 24.8 Å². The summed E-state index contributed by atoms with van der Waals surface area (Å²) in [6.45, 7) is 4.01. The zero-order chi connectivity index (χ0) is 21.2. The molecule has 0 fully saturated rings. The molecule has 2 atom stereocenters. The zero-order valence-electron chi connectivity index (χ0n) is 17.1. The van der Waals surface area contributed by atoms with Gasteiger partial charge in [-0.05, 0) is 18.4 Å². The molecule has 2 unspecified atom stereocenters. The Hall–Kier alpha value is -1.12. The maximum Gasteiger partial charge on any atom is 0.330 e. The topological polar surface area (TPSA) is 106 Å². The van der Waals surface area contributed by atoms with Gasteiger partial charge in [0.05, 0.1) is 33.0 Å². The predicted octanol–water partition coefficient (Wildman–Crippen LogP) is 2.53. The van der Waals surface area contributed by atoms with Crippen molar-refractivity contribution in [2.75, 3.05) is 39.6 Å². The minimum atomic E-state index is -2.10. The van der Waals surface area contributed by atoms with Crippen molar-refractivity contribution >= 4 is 14.5 Å². The van der Waals surface area contributed by atoms with Crippen molar-refractivity contribution in [3.63, 3.8) is 0 Å². The molecule has 0 saturated carbocycles. The summed E-state index contributed by atoms with van der Waals surface area (Å²) in [5.74, 6) is 0.0850. The van der Waals surface area contributed by atoms with Gasteiger partial charge in [0.2, 0.25) is 5.91 Å². The van der Waals surface area contributed by atoms with Crippen molar-refractivity contribution in [1.82, 2.24) is 5.32 Å². The first-order valence-electron chi connectivity index (χ1n) is 10.0. The summed E-state index contributed by atoms with van der Waals surface area (Å²) in [4.78, 5) is 21.2. The Kier molecular flexibility index (Phi) is 15.8. The van der Waals surface area contributed by atoms with E-state index in [4.69, 9.17) is 18.5 Å². The Labute approximate surface area is 174 Å². The third-order valence-electron chi connectivity index (χ3n) is 3.85. The van der Waals surface area contributed by atoms with Crippen LogP contribution in [-0.4, -0.2) is 61.6 Å². The monoisotopic (exact) mass is 431 g/mol. The van der Waals surface area contributed by atoms with Crippen molar-refractivity contribution < 1.29 is 33.3 Å². The lowest BCUT2D eigenvalue weighted by atomic mass is 10.2. The summed E-state index contributed by atoms with van der Waals surface area (Å²) in [6, 6.07) is 9.44. The molecule has 8 nitrogen and oxygen atoms in total. The number of unbranched alkanes of at least 4 members (excludes halogenated alkanes) is 1. The van der Waals surface area contributed by atoms with E-state index in [1.54, 1.807) is 0 Å². The molecule has 0 radical (unpaired) electrons. The number of nitrogens with one attached hydrogen (secondary N) is 1. The highest BCUT2D eigenvalue weighted by atomic mass is 31.2. The molecule has 0 bridgehead atoms. The lowest BCUT2D eigenvalue weighted by molar-refractivity contribution is -0.121. The molecule has 9 heteroatoms. The van der Waals surface area contributed by atoms with Crippen LogP contribution >= 0.6 is 8.60 Å². The molecule has 0 heterocycles. The van der Waals surface area contributed by atoms with Gasteiger partial charge in [-0.25, -0.2) is 0 Å². The van der Waals surface area contributed by atoms with Gasteiger partial charge in [0.1, 0.15) is 6.10 Å². The number of rotatable bonds is 18. The van der Waals surface area contributed by atoms with Crippen LogP contribution in [0.25, 0.3) is 0 Å². The minimum absolute atomic E-state index is 0.0850. The van der Waals surface area contributed by atoms with Crippen molar-refractivity contribution in [1.29, 1.82) is 0 Å². The van der Waals surface area contributed by atoms with Crippen molar-refractivity contribution in [2.45, 2.75) is 45.3 Å². The van der Waals surface area contributed by atoms with Crippen LogP contribution in [0.4, 0.5) is 0 Å². The van der Waals surface area contributed by atoms with Gasteiger partial charge in [-0.2, -0.15) is 0 Å². The Morgan fingerprint density at radius 2 is 1.90 bits per heavy atom. The van der Waals surface area contributed by atoms with Crippen LogP contribution in [0.2, 0.25) is 0 Å². The summed E-state index contributed by atoms with van der Waals surface area (Å²) in [5, 5.41) is 12.2.